The molecule has 31 heavy (non-hydrogen) atoms. The number of hydrogen-bond acceptors (Lipinski definition) is 4. The highest BCUT2D eigenvalue weighted by Gasteiger charge is 2.20. The first-order valence-corrected chi connectivity index (χ1v) is 10.8. The number of amides is 1. The van der Waals surface area contributed by atoms with Gasteiger partial charge in [-0.15, -0.1) is 0 Å². The minimum absolute atomic E-state index is 0.124. The fourth-order valence-electron chi connectivity index (χ4n) is 3.99. The van der Waals surface area contributed by atoms with Crippen molar-refractivity contribution in [1.82, 2.24) is 15.1 Å². The van der Waals surface area contributed by atoms with E-state index in [1.54, 1.807) is 13.3 Å². The van der Waals surface area contributed by atoms with Crippen molar-refractivity contribution in [2.24, 2.45) is 0 Å². The normalized spacial score (nSPS) is 14.9. The molecule has 1 fully saturated rings. The zero-order valence-corrected chi connectivity index (χ0v) is 18.3. The number of carbonyl (C=O) groups excluding carboxylic acids is 1. The van der Waals surface area contributed by atoms with Gasteiger partial charge in [-0.1, -0.05) is 6.07 Å². The molecule has 3 aromatic rings. The summed E-state index contributed by atoms with van der Waals surface area (Å²) in [6, 6.07) is 15.1. The highest BCUT2D eigenvalue weighted by atomic mass is 16.5. The van der Waals surface area contributed by atoms with Crippen LogP contribution in [0, 0.1) is 6.92 Å². The molecule has 1 aliphatic rings. The number of carbonyl (C=O) groups is 1. The van der Waals surface area contributed by atoms with Gasteiger partial charge in [-0.25, -0.2) is 4.68 Å². The van der Waals surface area contributed by atoms with Gasteiger partial charge in [0.2, 0.25) is 0 Å². The molecule has 1 saturated carbocycles. The van der Waals surface area contributed by atoms with E-state index in [-0.39, 0.29) is 18.1 Å². The first kappa shape index (κ1) is 21.0. The van der Waals surface area contributed by atoms with Crippen LogP contribution in [-0.2, 0) is 0 Å². The Morgan fingerprint density at radius 1 is 1.10 bits per heavy atom. The molecule has 0 spiro atoms. The van der Waals surface area contributed by atoms with Gasteiger partial charge in [0.1, 0.15) is 0 Å². The lowest BCUT2D eigenvalue weighted by Gasteiger charge is -2.19. The Labute approximate surface area is 183 Å². The Bertz CT molecular complexity index is 1040. The fraction of sp³-hybridized carbons (Fsp3) is 0.360. The molecule has 6 heteroatoms. The molecule has 0 aliphatic heterocycles. The third-order valence-electron chi connectivity index (χ3n) is 5.84. The average molecular weight is 420 g/mol. The van der Waals surface area contributed by atoms with Crippen LogP contribution in [0.5, 0.6) is 11.5 Å². The molecule has 162 valence electrons. The van der Waals surface area contributed by atoms with E-state index < -0.39 is 0 Å². The number of methoxy groups -OCH3 is 1. The topological polar surface area (TPSA) is 65.4 Å². The van der Waals surface area contributed by atoms with Gasteiger partial charge in [-0.2, -0.15) is 5.10 Å². The molecule has 0 radical (unpaired) electrons. The second-order valence-corrected chi connectivity index (χ2v) is 8.06. The van der Waals surface area contributed by atoms with Gasteiger partial charge in [-0.3, -0.25) is 4.79 Å². The van der Waals surface area contributed by atoms with Crippen LogP contribution in [0.2, 0.25) is 0 Å². The van der Waals surface area contributed by atoms with E-state index >= 15 is 0 Å². The highest BCUT2D eigenvalue weighted by molar-refractivity contribution is 5.94. The minimum Gasteiger partial charge on any atom is -0.493 e. The van der Waals surface area contributed by atoms with Gasteiger partial charge in [0, 0.05) is 17.5 Å². The van der Waals surface area contributed by atoms with Crippen LogP contribution in [0.3, 0.4) is 0 Å². The predicted octanol–water partition coefficient (Wildman–Crippen LogP) is 5.00. The maximum atomic E-state index is 12.8. The Morgan fingerprint density at radius 3 is 2.48 bits per heavy atom. The van der Waals surface area contributed by atoms with E-state index in [0.29, 0.717) is 11.3 Å². The minimum atomic E-state index is -0.171. The van der Waals surface area contributed by atoms with Gasteiger partial charge >= 0.3 is 0 Å². The number of ether oxygens (including phenoxy) is 2. The first-order chi connectivity index (χ1) is 15.0. The molecule has 0 bridgehead atoms. The third kappa shape index (κ3) is 4.74. The van der Waals surface area contributed by atoms with Crippen molar-refractivity contribution in [3.63, 3.8) is 0 Å². The van der Waals surface area contributed by atoms with Crippen molar-refractivity contribution in [3.8, 4) is 17.2 Å². The van der Waals surface area contributed by atoms with E-state index in [0.717, 1.165) is 35.5 Å². The van der Waals surface area contributed by atoms with Crippen molar-refractivity contribution < 1.29 is 14.3 Å². The van der Waals surface area contributed by atoms with Crippen LogP contribution in [0.15, 0.2) is 54.7 Å². The molecule has 1 unspecified atom stereocenters. The second kappa shape index (κ2) is 9.25. The van der Waals surface area contributed by atoms with Crippen molar-refractivity contribution >= 4 is 5.91 Å². The van der Waals surface area contributed by atoms with Gasteiger partial charge in [0.15, 0.2) is 11.5 Å². The number of nitrogens with one attached hydrogen (secondary N) is 1. The Morgan fingerprint density at radius 2 is 1.84 bits per heavy atom. The maximum absolute atomic E-state index is 12.8. The van der Waals surface area contributed by atoms with Crippen molar-refractivity contribution in [2.45, 2.75) is 51.7 Å². The van der Waals surface area contributed by atoms with Crippen LogP contribution in [0.25, 0.3) is 5.69 Å². The molecule has 1 amide bonds. The van der Waals surface area contributed by atoms with Gasteiger partial charge in [0.25, 0.3) is 5.91 Å². The molecule has 4 rings (SSSR count). The summed E-state index contributed by atoms with van der Waals surface area (Å²) in [6.45, 7) is 3.96. The summed E-state index contributed by atoms with van der Waals surface area (Å²) in [6.07, 6.45) is 6.65. The standard InChI is InChI=1S/C25H29N3O3/c1-17-14-15-26-28(17)21-11-8-19(9-12-21)25(29)27-18(2)20-10-13-23(24(16-20)30-3)31-22-6-4-5-7-22/h8-16,18,22H,4-7H2,1-3H3,(H,27,29). The lowest BCUT2D eigenvalue weighted by molar-refractivity contribution is 0.0940. The monoisotopic (exact) mass is 419 g/mol. The zero-order valence-electron chi connectivity index (χ0n) is 18.3. The number of aryl methyl sites for hydroxylation is 1. The quantitative estimate of drug-likeness (QED) is 0.585. The summed E-state index contributed by atoms with van der Waals surface area (Å²) in [7, 11) is 1.65. The lowest BCUT2D eigenvalue weighted by Crippen LogP contribution is -2.26. The highest BCUT2D eigenvalue weighted by Crippen LogP contribution is 2.33. The molecule has 1 atom stereocenters. The van der Waals surface area contributed by atoms with Crippen LogP contribution < -0.4 is 14.8 Å². The van der Waals surface area contributed by atoms with Crippen molar-refractivity contribution in [3.05, 3.63) is 71.5 Å². The number of rotatable bonds is 7. The summed E-state index contributed by atoms with van der Waals surface area (Å²) < 4.78 is 13.5. The number of nitrogens with zero attached hydrogens (tertiary/aromatic N) is 2. The predicted molar refractivity (Wildman–Crippen MR) is 120 cm³/mol. The molecule has 6 nitrogen and oxygen atoms in total. The average Bonchev–Trinajstić information content (AvgIpc) is 3.45. The number of benzene rings is 2. The van der Waals surface area contributed by atoms with Crippen LogP contribution in [0.4, 0.5) is 0 Å². The molecule has 1 aromatic heterocycles. The van der Waals surface area contributed by atoms with E-state index in [4.69, 9.17) is 9.47 Å². The van der Waals surface area contributed by atoms with Gasteiger partial charge in [0.05, 0.1) is 24.9 Å². The Hall–Kier alpha value is -3.28. The molecule has 1 heterocycles. The first-order valence-electron chi connectivity index (χ1n) is 10.8. The third-order valence-corrected chi connectivity index (χ3v) is 5.84. The van der Waals surface area contributed by atoms with E-state index in [9.17, 15) is 4.79 Å². The smallest absolute Gasteiger partial charge is 0.251 e. The molecular formula is C25H29N3O3. The molecule has 0 saturated heterocycles. The molecule has 1 aliphatic carbocycles. The summed E-state index contributed by atoms with van der Waals surface area (Å²) in [5, 5.41) is 7.36. The van der Waals surface area contributed by atoms with Crippen LogP contribution >= 0.6 is 0 Å². The summed E-state index contributed by atoms with van der Waals surface area (Å²) in [4.78, 5) is 12.8. The summed E-state index contributed by atoms with van der Waals surface area (Å²) in [5.41, 5.74) is 3.54. The van der Waals surface area contributed by atoms with Crippen molar-refractivity contribution in [2.75, 3.05) is 7.11 Å². The van der Waals surface area contributed by atoms with E-state index in [2.05, 4.69) is 10.4 Å². The molecule has 1 N–H and O–H groups in total. The lowest BCUT2D eigenvalue weighted by atomic mass is 10.1. The Balaban J connectivity index is 1.43. The molecular weight excluding hydrogens is 390 g/mol. The number of aromatic nitrogens is 2. The SMILES string of the molecule is COc1cc(C(C)NC(=O)c2ccc(-n3nccc3C)cc2)ccc1OC1CCCC1. The second-order valence-electron chi connectivity index (χ2n) is 8.06. The summed E-state index contributed by atoms with van der Waals surface area (Å²) >= 11 is 0. The molecule has 2 aromatic carbocycles. The fourth-order valence-corrected chi connectivity index (χ4v) is 3.99. The number of hydrogen-bond donors (Lipinski definition) is 1. The van der Waals surface area contributed by atoms with Crippen LogP contribution in [0.1, 0.15) is 60.3 Å². The van der Waals surface area contributed by atoms with E-state index in [1.807, 2.05) is 67.1 Å². The van der Waals surface area contributed by atoms with Crippen LogP contribution in [-0.4, -0.2) is 28.9 Å². The maximum Gasteiger partial charge on any atom is 0.251 e. The Kier molecular flexibility index (Phi) is 6.26. The zero-order chi connectivity index (χ0) is 21.8. The van der Waals surface area contributed by atoms with Gasteiger partial charge in [-0.05, 0) is 87.6 Å². The summed E-state index contributed by atoms with van der Waals surface area (Å²) in [5.74, 6) is 1.34. The van der Waals surface area contributed by atoms with Gasteiger partial charge < -0.3 is 14.8 Å². The van der Waals surface area contributed by atoms with E-state index in [1.165, 1.54) is 12.8 Å². The largest absolute Gasteiger partial charge is 0.493 e. The van der Waals surface area contributed by atoms with Crippen molar-refractivity contribution in [1.29, 1.82) is 0 Å².